The van der Waals surface area contributed by atoms with Crippen LogP contribution in [-0.4, -0.2) is 18.4 Å². The Labute approximate surface area is 133 Å². The standard InChI is InChI=1S/C15H11BrF2N2O2/c16-9-2-1-3-11(6-9)20-14(21)8-19-15(22)12-5-4-10(17)7-13(12)18/h1-7H,8H2,(H,19,22)(H,20,21). The molecule has 2 rings (SSSR count). The molecule has 0 atom stereocenters. The molecule has 114 valence electrons. The maximum absolute atomic E-state index is 13.4. The van der Waals surface area contributed by atoms with Crippen molar-refractivity contribution in [3.05, 3.63) is 64.1 Å². The van der Waals surface area contributed by atoms with Crippen LogP contribution in [-0.2, 0) is 4.79 Å². The average Bonchev–Trinajstić information content (AvgIpc) is 2.45. The lowest BCUT2D eigenvalue weighted by atomic mass is 10.2. The van der Waals surface area contributed by atoms with Crippen molar-refractivity contribution >= 4 is 33.4 Å². The summed E-state index contributed by atoms with van der Waals surface area (Å²) >= 11 is 3.27. The van der Waals surface area contributed by atoms with Gasteiger partial charge in [0.1, 0.15) is 11.6 Å². The number of carbonyl (C=O) groups is 2. The molecule has 2 aromatic carbocycles. The molecule has 0 saturated carbocycles. The molecule has 0 fully saturated rings. The molecule has 4 nitrogen and oxygen atoms in total. The van der Waals surface area contributed by atoms with E-state index in [4.69, 9.17) is 0 Å². The summed E-state index contributed by atoms with van der Waals surface area (Å²) in [6.07, 6.45) is 0. The van der Waals surface area contributed by atoms with E-state index in [1.807, 2.05) is 0 Å². The van der Waals surface area contributed by atoms with Crippen LogP contribution in [0.2, 0.25) is 0 Å². The fourth-order valence-electron chi connectivity index (χ4n) is 1.70. The Hall–Kier alpha value is -2.28. The Morgan fingerprint density at radius 2 is 1.86 bits per heavy atom. The summed E-state index contributed by atoms with van der Waals surface area (Å²) in [5.74, 6) is -3.01. The third kappa shape index (κ3) is 4.36. The normalized spacial score (nSPS) is 10.1. The molecular formula is C15H11BrF2N2O2. The maximum Gasteiger partial charge on any atom is 0.254 e. The number of rotatable bonds is 4. The first-order valence-electron chi connectivity index (χ1n) is 6.24. The number of carbonyl (C=O) groups excluding carboxylic acids is 2. The monoisotopic (exact) mass is 368 g/mol. The van der Waals surface area contributed by atoms with E-state index in [1.165, 1.54) is 0 Å². The van der Waals surface area contributed by atoms with Crippen molar-refractivity contribution in [3.8, 4) is 0 Å². The molecule has 0 aliphatic heterocycles. The summed E-state index contributed by atoms with van der Waals surface area (Å²) in [4.78, 5) is 23.4. The van der Waals surface area contributed by atoms with Crippen molar-refractivity contribution in [2.45, 2.75) is 0 Å². The smallest absolute Gasteiger partial charge is 0.254 e. The lowest BCUT2D eigenvalue weighted by molar-refractivity contribution is -0.115. The summed E-state index contributed by atoms with van der Waals surface area (Å²) in [5, 5.41) is 4.84. The SMILES string of the molecule is O=C(CNC(=O)c1ccc(F)cc1F)Nc1cccc(Br)c1. The van der Waals surface area contributed by atoms with Gasteiger partial charge in [0.05, 0.1) is 12.1 Å². The van der Waals surface area contributed by atoms with Gasteiger partial charge in [0.2, 0.25) is 5.91 Å². The van der Waals surface area contributed by atoms with Gasteiger partial charge in [0, 0.05) is 16.2 Å². The molecule has 0 radical (unpaired) electrons. The van der Waals surface area contributed by atoms with Gasteiger partial charge in [-0.2, -0.15) is 0 Å². The predicted octanol–water partition coefficient (Wildman–Crippen LogP) is 3.10. The number of benzene rings is 2. The molecule has 0 bridgehead atoms. The topological polar surface area (TPSA) is 58.2 Å². The minimum Gasteiger partial charge on any atom is -0.343 e. The minimum absolute atomic E-state index is 0.323. The summed E-state index contributed by atoms with van der Waals surface area (Å²) < 4.78 is 27.0. The lowest BCUT2D eigenvalue weighted by Gasteiger charge is -2.08. The molecule has 0 aliphatic rings. The predicted molar refractivity (Wildman–Crippen MR) is 81.5 cm³/mol. The minimum atomic E-state index is -0.982. The molecule has 0 spiro atoms. The van der Waals surface area contributed by atoms with Gasteiger partial charge in [-0.1, -0.05) is 22.0 Å². The van der Waals surface area contributed by atoms with E-state index in [0.717, 1.165) is 16.6 Å². The summed E-state index contributed by atoms with van der Waals surface area (Å²) in [5.41, 5.74) is 0.234. The highest BCUT2D eigenvalue weighted by Gasteiger charge is 2.13. The van der Waals surface area contributed by atoms with Crippen LogP contribution in [0.25, 0.3) is 0 Å². The van der Waals surface area contributed by atoms with Crippen molar-refractivity contribution in [1.29, 1.82) is 0 Å². The third-order valence-corrected chi connectivity index (χ3v) is 3.19. The van der Waals surface area contributed by atoms with Crippen LogP contribution < -0.4 is 10.6 Å². The van der Waals surface area contributed by atoms with Crippen LogP contribution in [0.15, 0.2) is 46.9 Å². The molecule has 2 N–H and O–H groups in total. The zero-order chi connectivity index (χ0) is 16.1. The molecule has 2 amide bonds. The van der Waals surface area contributed by atoms with Gasteiger partial charge < -0.3 is 10.6 Å². The fraction of sp³-hybridized carbons (Fsp3) is 0.0667. The molecular weight excluding hydrogens is 358 g/mol. The molecule has 7 heteroatoms. The second kappa shape index (κ2) is 7.13. The van der Waals surface area contributed by atoms with Gasteiger partial charge in [-0.25, -0.2) is 8.78 Å². The van der Waals surface area contributed by atoms with E-state index in [9.17, 15) is 18.4 Å². The van der Waals surface area contributed by atoms with Crippen LogP contribution in [0.3, 0.4) is 0 Å². The van der Waals surface area contributed by atoms with Crippen molar-refractivity contribution < 1.29 is 18.4 Å². The number of hydrogen-bond acceptors (Lipinski definition) is 2. The van der Waals surface area contributed by atoms with Gasteiger partial charge in [-0.05, 0) is 30.3 Å². The van der Waals surface area contributed by atoms with Crippen LogP contribution in [0.1, 0.15) is 10.4 Å². The van der Waals surface area contributed by atoms with E-state index in [0.29, 0.717) is 11.8 Å². The number of anilines is 1. The highest BCUT2D eigenvalue weighted by molar-refractivity contribution is 9.10. The Morgan fingerprint density at radius 1 is 1.09 bits per heavy atom. The number of nitrogens with one attached hydrogen (secondary N) is 2. The quantitative estimate of drug-likeness (QED) is 0.870. The van der Waals surface area contributed by atoms with Gasteiger partial charge in [0.25, 0.3) is 5.91 Å². The summed E-state index contributed by atoms with van der Waals surface area (Å²) in [7, 11) is 0. The van der Waals surface area contributed by atoms with Gasteiger partial charge in [-0.3, -0.25) is 9.59 Å². The zero-order valence-corrected chi connectivity index (χ0v) is 12.8. The van der Waals surface area contributed by atoms with Crippen LogP contribution >= 0.6 is 15.9 Å². The first-order valence-corrected chi connectivity index (χ1v) is 7.03. The molecule has 0 aromatic heterocycles. The average molecular weight is 369 g/mol. The van der Waals surface area contributed by atoms with Crippen LogP contribution in [0, 0.1) is 11.6 Å². The summed E-state index contributed by atoms with van der Waals surface area (Å²) in [6.45, 7) is -0.331. The van der Waals surface area contributed by atoms with E-state index in [2.05, 4.69) is 26.6 Å². The Kier molecular flexibility index (Phi) is 5.21. The zero-order valence-electron chi connectivity index (χ0n) is 11.2. The van der Waals surface area contributed by atoms with Crippen molar-refractivity contribution in [2.24, 2.45) is 0 Å². The number of halogens is 3. The van der Waals surface area contributed by atoms with Gasteiger partial charge >= 0.3 is 0 Å². The Bertz CT molecular complexity index is 722. The first-order chi connectivity index (χ1) is 10.5. The van der Waals surface area contributed by atoms with E-state index < -0.39 is 23.4 Å². The number of hydrogen-bond donors (Lipinski definition) is 2. The highest BCUT2D eigenvalue weighted by Crippen LogP contribution is 2.15. The Morgan fingerprint density at radius 3 is 2.55 bits per heavy atom. The molecule has 0 unspecified atom stereocenters. The van der Waals surface area contributed by atoms with Gasteiger partial charge in [0.15, 0.2) is 0 Å². The second-order valence-electron chi connectivity index (χ2n) is 4.37. The molecule has 0 aliphatic carbocycles. The Balaban J connectivity index is 1.92. The number of amides is 2. The molecule has 0 heterocycles. The van der Waals surface area contributed by atoms with Crippen molar-refractivity contribution in [1.82, 2.24) is 5.32 Å². The van der Waals surface area contributed by atoms with E-state index in [1.54, 1.807) is 24.3 Å². The molecule has 2 aromatic rings. The molecule has 22 heavy (non-hydrogen) atoms. The largest absolute Gasteiger partial charge is 0.343 e. The molecule has 0 saturated heterocycles. The van der Waals surface area contributed by atoms with Crippen molar-refractivity contribution in [2.75, 3.05) is 11.9 Å². The second-order valence-corrected chi connectivity index (χ2v) is 5.28. The van der Waals surface area contributed by atoms with Gasteiger partial charge in [-0.15, -0.1) is 0 Å². The van der Waals surface area contributed by atoms with Crippen LogP contribution in [0.5, 0.6) is 0 Å². The van der Waals surface area contributed by atoms with Crippen molar-refractivity contribution in [3.63, 3.8) is 0 Å². The first kappa shape index (κ1) is 16.1. The van der Waals surface area contributed by atoms with Crippen LogP contribution in [0.4, 0.5) is 14.5 Å². The summed E-state index contributed by atoms with van der Waals surface area (Å²) in [6, 6.07) is 9.52. The highest BCUT2D eigenvalue weighted by atomic mass is 79.9. The lowest BCUT2D eigenvalue weighted by Crippen LogP contribution is -2.33. The third-order valence-electron chi connectivity index (χ3n) is 2.69. The van der Waals surface area contributed by atoms with E-state index in [-0.39, 0.29) is 12.1 Å². The fourth-order valence-corrected chi connectivity index (χ4v) is 2.10. The maximum atomic E-state index is 13.4. The van der Waals surface area contributed by atoms with E-state index >= 15 is 0 Å².